The lowest BCUT2D eigenvalue weighted by Crippen LogP contribution is -2.29. The highest BCUT2D eigenvalue weighted by atomic mass is 32.2. The van der Waals surface area contributed by atoms with Crippen LogP contribution in [0, 0.1) is 0 Å². The zero-order valence-electron chi connectivity index (χ0n) is 15.5. The molecule has 0 bridgehead atoms. The van der Waals surface area contributed by atoms with Crippen LogP contribution in [0.2, 0.25) is 0 Å². The van der Waals surface area contributed by atoms with E-state index in [2.05, 4.69) is 10.4 Å². The molecule has 3 rings (SSSR count). The van der Waals surface area contributed by atoms with Crippen molar-refractivity contribution < 1.29 is 19.1 Å². The Morgan fingerprint density at radius 3 is 2.71 bits per heavy atom. The van der Waals surface area contributed by atoms with Crippen molar-refractivity contribution in [1.29, 1.82) is 0 Å². The van der Waals surface area contributed by atoms with Crippen molar-refractivity contribution in [2.45, 2.75) is 6.54 Å². The van der Waals surface area contributed by atoms with Gasteiger partial charge in [0.15, 0.2) is 11.5 Å². The Hall–Kier alpha value is -3.20. The van der Waals surface area contributed by atoms with E-state index < -0.39 is 6.03 Å². The normalized spacial score (nSPS) is 13.7. The molecule has 0 radical (unpaired) electrons. The number of hydrazone groups is 1. The number of ether oxygens (including phenoxy) is 2. The summed E-state index contributed by atoms with van der Waals surface area (Å²) in [7, 11) is 3.15. The lowest BCUT2D eigenvalue weighted by molar-refractivity contribution is 0.222. The number of hydrogen-bond donors (Lipinski definition) is 2. The maximum atomic E-state index is 12.3. The average molecular weight is 400 g/mol. The number of nitrogens with zero attached hydrogens (tertiary/aromatic N) is 2. The van der Waals surface area contributed by atoms with Gasteiger partial charge in [0.2, 0.25) is 0 Å². The lowest BCUT2D eigenvalue weighted by Gasteiger charge is -2.23. The Labute approximate surface area is 166 Å². The first-order valence-corrected chi connectivity index (χ1v) is 9.38. The molecule has 8 nitrogen and oxygen atoms in total. The van der Waals surface area contributed by atoms with Crippen molar-refractivity contribution in [3.8, 4) is 11.5 Å². The molecule has 3 N–H and O–H groups in total. The predicted molar refractivity (Wildman–Crippen MR) is 109 cm³/mol. The zero-order chi connectivity index (χ0) is 20.1. The summed E-state index contributed by atoms with van der Waals surface area (Å²) in [5.41, 5.74) is 8.14. The fourth-order valence-electron chi connectivity index (χ4n) is 2.74. The molecule has 2 aromatic rings. The average Bonchev–Trinajstić information content (AvgIpc) is 2.69. The Morgan fingerprint density at radius 1 is 1.21 bits per heavy atom. The van der Waals surface area contributed by atoms with Gasteiger partial charge in [0.1, 0.15) is 0 Å². The number of thioether (sulfide) groups is 1. The number of nitrogens with two attached hydrogens (primary N) is 1. The van der Waals surface area contributed by atoms with Crippen molar-refractivity contribution >= 4 is 34.4 Å². The summed E-state index contributed by atoms with van der Waals surface area (Å²) in [5.74, 6) is 1.69. The van der Waals surface area contributed by atoms with E-state index in [0.717, 1.165) is 16.8 Å². The number of hydrogen-bond acceptors (Lipinski definition) is 6. The number of rotatable bonds is 6. The van der Waals surface area contributed by atoms with Crippen LogP contribution < -0.4 is 20.5 Å². The first-order valence-electron chi connectivity index (χ1n) is 8.39. The molecule has 0 aromatic heterocycles. The maximum Gasteiger partial charge on any atom is 0.316 e. The van der Waals surface area contributed by atoms with E-state index >= 15 is 0 Å². The third-order valence-electron chi connectivity index (χ3n) is 4.03. The Balaban J connectivity index is 1.84. The molecule has 1 heterocycles. The predicted octanol–water partition coefficient (Wildman–Crippen LogP) is 3.27. The molecule has 9 heteroatoms. The van der Waals surface area contributed by atoms with Gasteiger partial charge in [-0.3, -0.25) is 4.79 Å². The Morgan fingerprint density at radius 2 is 2.00 bits per heavy atom. The van der Waals surface area contributed by atoms with Crippen LogP contribution in [-0.2, 0) is 6.54 Å². The lowest BCUT2D eigenvalue weighted by atomic mass is 10.1. The number of amides is 3. The highest BCUT2D eigenvalue weighted by Crippen LogP contribution is 2.30. The van der Waals surface area contributed by atoms with Gasteiger partial charge in [-0.25, -0.2) is 9.80 Å². The molecular formula is C19H20N4O4S. The molecule has 0 aliphatic carbocycles. The second-order valence-electron chi connectivity index (χ2n) is 5.92. The van der Waals surface area contributed by atoms with E-state index in [9.17, 15) is 9.59 Å². The van der Waals surface area contributed by atoms with Gasteiger partial charge in [0.25, 0.3) is 0 Å². The van der Waals surface area contributed by atoms with Crippen LogP contribution >= 0.6 is 11.8 Å². The molecule has 0 fully saturated rings. The Kier molecular flexibility index (Phi) is 6.05. The number of carbonyl (C=O) groups excluding carboxylic acids is 2. The minimum absolute atomic E-state index is 0.141. The molecule has 0 spiro atoms. The van der Waals surface area contributed by atoms with E-state index in [0.29, 0.717) is 22.9 Å². The number of carbonyl (C=O) groups is 2. The number of primary amides is 1. The molecule has 0 unspecified atom stereocenters. The molecule has 1 aliphatic heterocycles. The van der Waals surface area contributed by atoms with E-state index in [1.807, 2.05) is 18.2 Å². The van der Waals surface area contributed by atoms with Crippen molar-refractivity contribution in [3.63, 3.8) is 0 Å². The SMILES string of the molecule is COc1ccc(C2=NN(Cc3cccc(NC(N)=O)c3)C(=O)SC2)cc1OC. The van der Waals surface area contributed by atoms with E-state index in [1.165, 1.54) is 16.8 Å². The molecule has 146 valence electrons. The molecule has 28 heavy (non-hydrogen) atoms. The third-order valence-corrected chi connectivity index (χ3v) is 4.90. The van der Waals surface area contributed by atoms with Crippen LogP contribution in [0.5, 0.6) is 11.5 Å². The van der Waals surface area contributed by atoms with Gasteiger partial charge in [-0.05, 0) is 35.9 Å². The van der Waals surface area contributed by atoms with Crippen LogP contribution in [0.3, 0.4) is 0 Å². The van der Waals surface area contributed by atoms with Crippen LogP contribution in [0.25, 0.3) is 0 Å². The van der Waals surface area contributed by atoms with Crippen LogP contribution in [0.15, 0.2) is 47.6 Å². The van der Waals surface area contributed by atoms with Gasteiger partial charge in [0.05, 0.1) is 26.5 Å². The second-order valence-corrected chi connectivity index (χ2v) is 6.84. The number of nitrogens with one attached hydrogen (secondary N) is 1. The summed E-state index contributed by atoms with van der Waals surface area (Å²) < 4.78 is 10.6. The molecule has 3 amide bonds. The molecule has 2 aromatic carbocycles. The molecular weight excluding hydrogens is 380 g/mol. The van der Waals surface area contributed by atoms with Gasteiger partial charge in [-0.15, -0.1) is 0 Å². The van der Waals surface area contributed by atoms with Crippen molar-refractivity contribution in [1.82, 2.24) is 5.01 Å². The van der Waals surface area contributed by atoms with Crippen molar-refractivity contribution in [2.75, 3.05) is 25.3 Å². The number of anilines is 1. The fourth-order valence-corrected chi connectivity index (χ4v) is 3.48. The quantitative estimate of drug-likeness (QED) is 0.774. The Bertz CT molecular complexity index is 932. The zero-order valence-corrected chi connectivity index (χ0v) is 16.3. The van der Waals surface area contributed by atoms with Gasteiger partial charge < -0.3 is 20.5 Å². The number of methoxy groups -OCH3 is 2. The van der Waals surface area contributed by atoms with E-state index in [4.69, 9.17) is 15.2 Å². The standard InChI is InChI=1S/C19H20N4O4S/c1-26-16-7-6-13(9-17(16)27-2)15-11-28-19(25)23(22-15)10-12-4-3-5-14(8-12)21-18(20)24/h3-9H,10-11H2,1-2H3,(H3,20,21,24). The highest BCUT2D eigenvalue weighted by molar-refractivity contribution is 8.14. The van der Waals surface area contributed by atoms with Crippen LogP contribution in [0.4, 0.5) is 15.3 Å². The number of benzene rings is 2. The molecule has 0 saturated heterocycles. The highest BCUT2D eigenvalue weighted by Gasteiger charge is 2.23. The van der Waals surface area contributed by atoms with Gasteiger partial charge in [0, 0.05) is 17.0 Å². The van der Waals surface area contributed by atoms with Gasteiger partial charge in [-0.1, -0.05) is 23.9 Å². The maximum absolute atomic E-state index is 12.3. The van der Waals surface area contributed by atoms with Gasteiger partial charge >= 0.3 is 11.3 Å². The summed E-state index contributed by atoms with van der Waals surface area (Å²) in [4.78, 5) is 23.3. The second kappa shape index (κ2) is 8.66. The smallest absolute Gasteiger partial charge is 0.316 e. The molecule has 1 aliphatic rings. The van der Waals surface area contributed by atoms with Crippen molar-refractivity contribution in [2.24, 2.45) is 10.8 Å². The van der Waals surface area contributed by atoms with Crippen LogP contribution in [-0.4, -0.2) is 42.0 Å². The summed E-state index contributed by atoms with van der Waals surface area (Å²) in [6, 6.07) is 12.0. The summed E-state index contributed by atoms with van der Waals surface area (Å²) in [6.45, 7) is 0.275. The first kappa shape index (κ1) is 19.6. The fraction of sp³-hybridized carbons (Fsp3) is 0.211. The minimum Gasteiger partial charge on any atom is -0.493 e. The summed E-state index contributed by atoms with van der Waals surface area (Å²) in [6.07, 6.45) is 0. The molecule has 0 saturated carbocycles. The topological polar surface area (TPSA) is 106 Å². The van der Waals surface area contributed by atoms with E-state index in [1.54, 1.807) is 38.5 Å². The molecule has 0 atom stereocenters. The summed E-state index contributed by atoms with van der Waals surface area (Å²) >= 11 is 1.18. The number of urea groups is 1. The van der Waals surface area contributed by atoms with Crippen molar-refractivity contribution in [3.05, 3.63) is 53.6 Å². The minimum atomic E-state index is -0.643. The first-order chi connectivity index (χ1) is 13.5. The summed E-state index contributed by atoms with van der Waals surface area (Å²) in [5, 5.41) is 8.31. The van der Waals surface area contributed by atoms with Gasteiger partial charge in [-0.2, -0.15) is 5.10 Å². The van der Waals surface area contributed by atoms with Crippen LogP contribution in [0.1, 0.15) is 11.1 Å². The van der Waals surface area contributed by atoms with E-state index in [-0.39, 0.29) is 11.8 Å². The largest absolute Gasteiger partial charge is 0.493 e. The monoisotopic (exact) mass is 400 g/mol. The third kappa shape index (κ3) is 4.55.